The van der Waals surface area contributed by atoms with E-state index in [9.17, 15) is 4.79 Å². The SMILES string of the molecule is CCn1c(C)c(Cl)nc(Cl)c1=O. The van der Waals surface area contributed by atoms with Gasteiger partial charge in [0, 0.05) is 6.54 Å². The Morgan fingerprint density at radius 2 is 2.00 bits per heavy atom. The minimum absolute atomic E-state index is 0.0764. The Morgan fingerprint density at radius 1 is 1.42 bits per heavy atom. The third kappa shape index (κ3) is 1.47. The molecule has 1 aromatic rings. The van der Waals surface area contributed by atoms with Crippen LogP contribution >= 0.6 is 23.2 Å². The van der Waals surface area contributed by atoms with Crippen LogP contribution in [0, 0.1) is 6.92 Å². The third-order valence-electron chi connectivity index (χ3n) is 1.64. The minimum atomic E-state index is -0.291. The van der Waals surface area contributed by atoms with Crippen molar-refractivity contribution < 1.29 is 0 Å². The molecular weight excluding hydrogens is 199 g/mol. The fraction of sp³-hybridized carbons (Fsp3) is 0.429. The van der Waals surface area contributed by atoms with E-state index in [2.05, 4.69) is 4.98 Å². The van der Waals surface area contributed by atoms with Crippen LogP contribution in [0.2, 0.25) is 10.3 Å². The highest BCUT2D eigenvalue weighted by molar-refractivity contribution is 6.32. The third-order valence-corrected chi connectivity index (χ3v) is 2.24. The second-order valence-electron chi connectivity index (χ2n) is 2.33. The van der Waals surface area contributed by atoms with Crippen molar-refractivity contribution in [1.82, 2.24) is 9.55 Å². The first-order valence-corrected chi connectivity index (χ1v) is 4.26. The van der Waals surface area contributed by atoms with Crippen LogP contribution in [0.15, 0.2) is 4.79 Å². The van der Waals surface area contributed by atoms with Gasteiger partial charge >= 0.3 is 0 Å². The molecule has 0 aliphatic heterocycles. The van der Waals surface area contributed by atoms with Crippen LogP contribution in [0.25, 0.3) is 0 Å². The maximum absolute atomic E-state index is 11.3. The van der Waals surface area contributed by atoms with Crippen molar-refractivity contribution in [3.8, 4) is 0 Å². The Hall–Kier alpha value is -0.540. The molecule has 3 nitrogen and oxygen atoms in total. The summed E-state index contributed by atoms with van der Waals surface area (Å²) in [5.74, 6) is 0. The molecule has 5 heteroatoms. The van der Waals surface area contributed by atoms with Gasteiger partial charge in [-0.15, -0.1) is 0 Å². The number of halogens is 2. The molecule has 0 aromatic carbocycles. The van der Waals surface area contributed by atoms with E-state index in [0.29, 0.717) is 12.2 Å². The van der Waals surface area contributed by atoms with Crippen LogP contribution < -0.4 is 5.56 Å². The molecule has 0 aliphatic rings. The molecule has 0 saturated heterocycles. The van der Waals surface area contributed by atoms with Crippen LogP contribution in [0.1, 0.15) is 12.6 Å². The molecule has 1 heterocycles. The van der Waals surface area contributed by atoms with E-state index < -0.39 is 0 Å². The van der Waals surface area contributed by atoms with Crippen molar-refractivity contribution in [3.63, 3.8) is 0 Å². The summed E-state index contributed by atoms with van der Waals surface area (Å²) in [5.41, 5.74) is 0.356. The van der Waals surface area contributed by atoms with Crippen molar-refractivity contribution in [2.75, 3.05) is 0 Å². The number of rotatable bonds is 1. The van der Waals surface area contributed by atoms with Crippen molar-refractivity contribution in [3.05, 3.63) is 26.4 Å². The lowest BCUT2D eigenvalue weighted by molar-refractivity contribution is 0.691. The van der Waals surface area contributed by atoms with Gasteiger partial charge in [0.1, 0.15) is 5.15 Å². The van der Waals surface area contributed by atoms with Gasteiger partial charge in [0.2, 0.25) is 0 Å². The largest absolute Gasteiger partial charge is 0.307 e. The number of hydrogen-bond donors (Lipinski definition) is 0. The van der Waals surface area contributed by atoms with Crippen LogP contribution in [0.4, 0.5) is 0 Å². The molecule has 0 saturated carbocycles. The Morgan fingerprint density at radius 3 is 2.50 bits per heavy atom. The Balaban J connectivity index is 3.53. The molecular formula is C7H8Cl2N2O. The number of nitrogens with zero attached hydrogens (tertiary/aromatic N) is 2. The van der Waals surface area contributed by atoms with Gasteiger partial charge in [-0.3, -0.25) is 4.79 Å². The zero-order valence-electron chi connectivity index (χ0n) is 6.77. The second-order valence-corrected chi connectivity index (χ2v) is 3.04. The molecule has 0 fully saturated rings. The van der Waals surface area contributed by atoms with Crippen molar-refractivity contribution in [2.45, 2.75) is 20.4 Å². The van der Waals surface area contributed by atoms with Crippen molar-refractivity contribution in [2.24, 2.45) is 0 Å². The first-order chi connectivity index (χ1) is 5.57. The van der Waals surface area contributed by atoms with Crippen molar-refractivity contribution >= 4 is 23.2 Å². The molecule has 1 rings (SSSR count). The Labute approximate surface area is 79.9 Å². The van der Waals surface area contributed by atoms with Crippen LogP contribution in [-0.4, -0.2) is 9.55 Å². The minimum Gasteiger partial charge on any atom is -0.307 e. The van der Waals surface area contributed by atoms with Crippen molar-refractivity contribution in [1.29, 1.82) is 0 Å². The molecule has 0 radical (unpaired) electrons. The second kappa shape index (κ2) is 3.46. The molecule has 0 bridgehead atoms. The number of aromatic nitrogens is 2. The molecule has 0 spiro atoms. The first-order valence-electron chi connectivity index (χ1n) is 3.50. The van der Waals surface area contributed by atoms with E-state index in [1.54, 1.807) is 6.92 Å². The molecule has 12 heavy (non-hydrogen) atoms. The van der Waals surface area contributed by atoms with Crippen LogP contribution in [-0.2, 0) is 6.54 Å². The van der Waals surface area contributed by atoms with Gasteiger partial charge in [0.15, 0.2) is 5.15 Å². The maximum Gasteiger partial charge on any atom is 0.288 e. The van der Waals surface area contributed by atoms with Gasteiger partial charge in [-0.2, -0.15) is 0 Å². The zero-order chi connectivity index (χ0) is 9.30. The fourth-order valence-corrected chi connectivity index (χ4v) is 1.39. The molecule has 0 amide bonds. The van der Waals surface area contributed by atoms with E-state index in [4.69, 9.17) is 23.2 Å². The van der Waals surface area contributed by atoms with Gasteiger partial charge in [-0.05, 0) is 13.8 Å². The van der Waals surface area contributed by atoms with E-state index in [-0.39, 0.29) is 15.9 Å². The van der Waals surface area contributed by atoms with Gasteiger partial charge in [0.25, 0.3) is 5.56 Å². The molecule has 0 aliphatic carbocycles. The van der Waals surface area contributed by atoms with E-state index in [1.165, 1.54) is 4.57 Å². The predicted molar refractivity (Wildman–Crippen MR) is 48.9 cm³/mol. The molecule has 0 unspecified atom stereocenters. The predicted octanol–water partition coefficient (Wildman–Crippen LogP) is 1.88. The summed E-state index contributed by atoms with van der Waals surface area (Å²) in [5, 5.41) is 0.203. The van der Waals surface area contributed by atoms with Crippen LogP contribution in [0.3, 0.4) is 0 Å². The summed E-state index contributed by atoms with van der Waals surface area (Å²) in [6.45, 7) is 4.13. The summed E-state index contributed by atoms with van der Waals surface area (Å²) in [6.07, 6.45) is 0. The van der Waals surface area contributed by atoms with Gasteiger partial charge in [0.05, 0.1) is 5.69 Å². The fourth-order valence-electron chi connectivity index (χ4n) is 0.971. The lowest BCUT2D eigenvalue weighted by Crippen LogP contribution is -2.23. The van der Waals surface area contributed by atoms with Gasteiger partial charge in [-0.25, -0.2) is 4.98 Å². The lowest BCUT2D eigenvalue weighted by Gasteiger charge is -2.07. The molecule has 0 atom stereocenters. The topological polar surface area (TPSA) is 34.9 Å². The summed E-state index contributed by atoms with van der Waals surface area (Å²) in [4.78, 5) is 15.0. The summed E-state index contributed by atoms with van der Waals surface area (Å²) >= 11 is 11.3. The summed E-state index contributed by atoms with van der Waals surface area (Å²) < 4.78 is 1.48. The average Bonchev–Trinajstić information content (AvgIpc) is 2.02. The zero-order valence-corrected chi connectivity index (χ0v) is 8.28. The Kier molecular flexibility index (Phi) is 2.75. The molecule has 66 valence electrons. The standard InChI is InChI=1S/C7H8Cl2N2O/c1-3-11-4(2)5(8)10-6(9)7(11)12/h3H2,1-2H3. The van der Waals surface area contributed by atoms with E-state index >= 15 is 0 Å². The highest BCUT2D eigenvalue weighted by Gasteiger charge is 2.08. The number of hydrogen-bond acceptors (Lipinski definition) is 2. The highest BCUT2D eigenvalue weighted by Crippen LogP contribution is 2.11. The maximum atomic E-state index is 11.3. The smallest absolute Gasteiger partial charge is 0.288 e. The molecule has 1 aromatic heterocycles. The Bertz CT molecular complexity index is 359. The van der Waals surface area contributed by atoms with Gasteiger partial charge < -0.3 is 4.57 Å². The lowest BCUT2D eigenvalue weighted by atomic mass is 10.4. The van der Waals surface area contributed by atoms with Crippen LogP contribution in [0.5, 0.6) is 0 Å². The molecule has 0 N–H and O–H groups in total. The van der Waals surface area contributed by atoms with E-state index in [1.807, 2.05) is 6.92 Å². The first kappa shape index (κ1) is 9.55. The highest BCUT2D eigenvalue weighted by atomic mass is 35.5. The monoisotopic (exact) mass is 206 g/mol. The normalized spacial score (nSPS) is 10.3. The summed E-state index contributed by atoms with van der Waals surface area (Å²) in [7, 11) is 0. The van der Waals surface area contributed by atoms with Gasteiger partial charge in [-0.1, -0.05) is 23.2 Å². The summed E-state index contributed by atoms with van der Waals surface area (Å²) in [6, 6.07) is 0. The quantitative estimate of drug-likeness (QED) is 0.704. The van der Waals surface area contributed by atoms with E-state index in [0.717, 1.165) is 0 Å². The average molecular weight is 207 g/mol.